The molecular formula is C16H14ClFN2O. The summed E-state index contributed by atoms with van der Waals surface area (Å²) >= 11 is 6.10. The van der Waals surface area contributed by atoms with Gasteiger partial charge in [-0.1, -0.05) is 12.1 Å². The van der Waals surface area contributed by atoms with Crippen LogP contribution in [0.4, 0.5) is 15.8 Å². The molecular weight excluding hydrogens is 291 g/mol. The highest BCUT2D eigenvalue weighted by molar-refractivity contribution is 6.21. The fourth-order valence-corrected chi connectivity index (χ4v) is 2.74. The van der Waals surface area contributed by atoms with E-state index < -0.39 is 5.66 Å². The lowest BCUT2D eigenvalue weighted by Crippen LogP contribution is -2.60. The van der Waals surface area contributed by atoms with Gasteiger partial charge in [-0.15, -0.1) is 11.6 Å². The highest BCUT2D eigenvalue weighted by atomic mass is 35.5. The number of nitrogens with zero attached hydrogens (tertiary/aromatic N) is 1. The molecule has 1 atom stereocenters. The van der Waals surface area contributed by atoms with Crippen molar-refractivity contribution in [1.29, 1.82) is 0 Å². The minimum atomic E-state index is -0.773. The summed E-state index contributed by atoms with van der Waals surface area (Å²) in [7, 11) is 0. The molecule has 0 saturated carbocycles. The monoisotopic (exact) mass is 304 g/mol. The van der Waals surface area contributed by atoms with Crippen LogP contribution in [0.1, 0.15) is 17.3 Å². The molecule has 5 heteroatoms. The molecule has 1 aliphatic heterocycles. The summed E-state index contributed by atoms with van der Waals surface area (Å²) in [5.74, 6) is -0.298. The van der Waals surface area contributed by atoms with Crippen molar-refractivity contribution in [3.63, 3.8) is 0 Å². The molecule has 3 rings (SSSR count). The number of rotatable bonds is 2. The van der Waals surface area contributed by atoms with Crippen LogP contribution in [-0.2, 0) is 0 Å². The van der Waals surface area contributed by atoms with Crippen LogP contribution in [0.5, 0.6) is 0 Å². The quantitative estimate of drug-likeness (QED) is 0.855. The van der Waals surface area contributed by atoms with Crippen LogP contribution in [0.15, 0.2) is 48.5 Å². The second kappa shape index (κ2) is 5.04. The second-order valence-corrected chi connectivity index (χ2v) is 5.46. The molecule has 0 unspecified atom stereocenters. The summed E-state index contributed by atoms with van der Waals surface area (Å²) in [4.78, 5) is 14.4. The standard InChI is InChI=1S/C16H14ClFN2O/c1-16(10-17)19-14-5-3-2-4-13(14)15(21)20(16)12-8-6-11(18)7-9-12/h2-9,19H,10H2,1H3/t16-/m1/s1. The molecule has 1 amide bonds. The maximum absolute atomic E-state index is 13.1. The van der Waals surface area contributed by atoms with E-state index in [4.69, 9.17) is 11.6 Å². The molecule has 21 heavy (non-hydrogen) atoms. The van der Waals surface area contributed by atoms with Gasteiger partial charge in [-0.2, -0.15) is 0 Å². The summed E-state index contributed by atoms with van der Waals surface area (Å²) in [5.41, 5.74) is 1.16. The smallest absolute Gasteiger partial charge is 0.262 e. The first-order valence-electron chi connectivity index (χ1n) is 6.58. The highest BCUT2D eigenvalue weighted by Gasteiger charge is 2.41. The summed E-state index contributed by atoms with van der Waals surface area (Å²) in [5, 5.41) is 3.30. The predicted octanol–water partition coefficient (Wildman–Crippen LogP) is 3.85. The first-order chi connectivity index (χ1) is 10.0. The van der Waals surface area contributed by atoms with Gasteiger partial charge in [0.25, 0.3) is 5.91 Å². The SMILES string of the molecule is C[C@@]1(CCl)Nc2ccccc2C(=O)N1c1ccc(F)cc1. The number of para-hydroxylation sites is 1. The minimum absolute atomic E-state index is 0.154. The summed E-state index contributed by atoms with van der Waals surface area (Å²) in [6, 6.07) is 13.1. The lowest BCUT2D eigenvalue weighted by atomic mass is 10.0. The zero-order valence-corrected chi connectivity index (χ0v) is 12.2. The van der Waals surface area contributed by atoms with Crippen LogP contribution in [0.3, 0.4) is 0 Å². The molecule has 0 bridgehead atoms. The zero-order valence-electron chi connectivity index (χ0n) is 11.4. The molecule has 108 valence electrons. The van der Waals surface area contributed by atoms with Crippen molar-refractivity contribution in [3.8, 4) is 0 Å². The fraction of sp³-hybridized carbons (Fsp3) is 0.188. The van der Waals surface area contributed by atoms with E-state index in [0.717, 1.165) is 5.69 Å². The lowest BCUT2D eigenvalue weighted by molar-refractivity contribution is 0.0962. The number of carbonyl (C=O) groups excluding carboxylic acids is 1. The van der Waals surface area contributed by atoms with Crippen LogP contribution < -0.4 is 10.2 Å². The van der Waals surface area contributed by atoms with Gasteiger partial charge in [-0.3, -0.25) is 9.69 Å². The Morgan fingerprint density at radius 2 is 1.86 bits per heavy atom. The lowest BCUT2D eigenvalue weighted by Gasteiger charge is -2.45. The first kappa shape index (κ1) is 13.9. The van der Waals surface area contributed by atoms with Crippen molar-refractivity contribution in [2.24, 2.45) is 0 Å². The highest BCUT2D eigenvalue weighted by Crippen LogP contribution is 2.35. The first-order valence-corrected chi connectivity index (χ1v) is 7.12. The zero-order chi connectivity index (χ0) is 15.0. The van der Waals surface area contributed by atoms with Crippen LogP contribution in [0.2, 0.25) is 0 Å². The Kier molecular flexibility index (Phi) is 3.33. The summed E-state index contributed by atoms with van der Waals surface area (Å²) < 4.78 is 13.1. The third-order valence-electron chi connectivity index (χ3n) is 3.60. The van der Waals surface area contributed by atoms with Gasteiger partial charge in [0, 0.05) is 11.4 Å². The van der Waals surface area contributed by atoms with E-state index in [9.17, 15) is 9.18 Å². The van der Waals surface area contributed by atoms with Gasteiger partial charge in [0.2, 0.25) is 0 Å². The molecule has 0 aromatic heterocycles. The van der Waals surface area contributed by atoms with Crippen molar-refractivity contribution in [1.82, 2.24) is 0 Å². The van der Waals surface area contributed by atoms with E-state index >= 15 is 0 Å². The average molecular weight is 305 g/mol. The van der Waals surface area contributed by atoms with Crippen molar-refractivity contribution in [2.75, 3.05) is 16.1 Å². The number of alkyl halides is 1. The molecule has 0 spiro atoms. The molecule has 2 aromatic rings. The maximum Gasteiger partial charge on any atom is 0.262 e. The number of anilines is 2. The third-order valence-corrected chi connectivity index (χ3v) is 4.12. The van der Waals surface area contributed by atoms with E-state index in [1.165, 1.54) is 12.1 Å². The second-order valence-electron chi connectivity index (χ2n) is 5.20. The van der Waals surface area contributed by atoms with Crippen LogP contribution in [-0.4, -0.2) is 17.5 Å². The molecule has 0 radical (unpaired) electrons. The Bertz CT molecular complexity index is 689. The number of halogens is 2. The van der Waals surface area contributed by atoms with Crippen molar-refractivity contribution < 1.29 is 9.18 Å². The molecule has 0 aliphatic carbocycles. The molecule has 3 nitrogen and oxygen atoms in total. The average Bonchev–Trinajstić information content (AvgIpc) is 2.49. The predicted molar refractivity (Wildman–Crippen MR) is 82.4 cm³/mol. The molecule has 2 aromatic carbocycles. The van der Waals surface area contributed by atoms with Crippen molar-refractivity contribution in [3.05, 3.63) is 59.9 Å². The number of fused-ring (bicyclic) bond motifs is 1. The molecule has 1 aliphatic rings. The van der Waals surface area contributed by atoms with Gasteiger partial charge in [0.1, 0.15) is 11.5 Å². The molecule has 1 N–H and O–H groups in total. The van der Waals surface area contributed by atoms with Gasteiger partial charge < -0.3 is 5.32 Å². The number of benzene rings is 2. The van der Waals surface area contributed by atoms with Crippen molar-refractivity contribution in [2.45, 2.75) is 12.6 Å². The summed E-state index contributed by atoms with van der Waals surface area (Å²) in [6.45, 7) is 1.84. The molecule has 0 fully saturated rings. The molecule has 1 heterocycles. The van der Waals surface area contributed by atoms with Crippen LogP contribution in [0, 0.1) is 5.82 Å². The number of carbonyl (C=O) groups is 1. The number of nitrogens with one attached hydrogen (secondary N) is 1. The van der Waals surface area contributed by atoms with E-state index in [0.29, 0.717) is 11.3 Å². The number of hydrogen-bond acceptors (Lipinski definition) is 2. The summed E-state index contributed by atoms with van der Waals surface area (Å²) in [6.07, 6.45) is 0. The van der Waals surface area contributed by atoms with Crippen molar-refractivity contribution >= 4 is 28.9 Å². The number of amides is 1. The normalized spacial score (nSPS) is 20.9. The van der Waals surface area contributed by atoms with E-state index in [1.807, 2.05) is 25.1 Å². The Labute approximate surface area is 127 Å². The number of hydrogen-bond donors (Lipinski definition) is 1. The van der Waals surface area contributed by atoms with Gasteiger partial charge in [0.05, 0.1) is 11.4 Å². The fourth-order valence-electron chi connectivity index (χ4n) is 2.55. The van der Waals surface area contributed by atoms with Crippen LogP contribution in [0.25, 0.3) is 0 Å². The topological polar surface area (TPSA) is 32.3 Å². The van der Waals surface area contributed by atoms with E-state index in [1.54, 1.807) is 23.1 Å². The Morgan fingerprint density at radius 3 is 2.52 bits per heavy atom. The van der Waals surface area contributed by atoms with Gasteiger partial charge in [-0.05, 0) is 43.3 Å². The molecule has 0 saturated heterocycles. The van der Waals surface area contributed by atoms with Gasteiger partial charge in [-0.25, -0.2) is 4.39 Å². The van der Waals surface area contributed by atoms with Crippen LogP contribution >= 0.6 is 11.6 Å². The minimum Gasteiger partial charge on any atom is -0.361 e. The Balaban J connectivity index is 2.13. The largest absolute Gasteiger partial charge is 0.361 e. The Hall–Kier alpha value is -2.07. The third kappa shape index (κ3) is 2.25. The maximum atomic E-state index is 13.1. The Morgan fingerprint density at radius 1 is 1.19 bits per heavy atom. The van der Waals surface area contributed by atoms with E-state index in [2.05, 4.69) is 5.32 Å². The van der Waals surface area contributed by atoms with E-state index in [-0.39, 0.29) is 17.6 Å². The van der Waals surface area contributed by atoms with Gasteiger partial charge in [0.15, 0.2) is 0 Å². The van der Waals surface area contributed by atoms with Gasteiger partial charge >= 0.3 is 0 Å².